The maximum Gasteiger partial charge on any atom is 0.255 e. The van der Waals surface area contributed by atoms with E-state index in [0.717, 1.165) is 42.7 Å². The van der Waals surface area contributed by atoms with Gasteiger partial charge in [-0.15, -0.1) is 0 Å². The van der Waals surface area contributed by atoms with Crippen LogP contribution < -0.4 is 10.4 Å². The van der Waals surface area contributed by atoms with Crippen LogP contribution in [0.4, 0.5) is 5.69 Å². The molecule has 3 N–H and O–H groups in total. The van der Waals surface area contributed by atoms with Gasteiger partial charge in [0.2, 0.25) is 0 Å². The van der Waals surface area contributed by atoms with Gasteiger partial charge in [-0.2, -0.15) is 0 Å². The molecule has 2 aromatic carbocycles. The standard InChI is InChI=1S/C19H22N2O3/c22-17-10-12-21(13-11-17)16-8-6-15(7-9-16)18(19(23)20-24)14-4-2-1-3-5-14/h1-9,17-18,22,24H,10-13H2,(H,20,23). The van der Waals surface area contributed by atoms with E-state index in [1.165, 1.54) is 0 Å². The maximum atomic E-state index is 12.1. The molecule has 1 amide bonds. The normalized spacial score (nSPS) is 16.7. The first-order valence-corrected chi connectivity index (χ1v) is 8.21. The Hall–Kier alpha value is -2.37. The van der Waals surface area contributed by atoms with Gasteiger partial charge < -0.3 is 10.0 Å². The fraction of sp³-hybridized carbons (Fsp3) is 0.316. The number of piperidine rings is 1. The van der Waals surface area contributed by atoms with E-state index >= 15 is 0 Å². The molecule has 1 atom stereocenters. The lowest BCUT2D eigenvalue weighted by Gasteiger charge is -2.31. The third-order valence-electron chi connectivity index (χ3n) is 4.56. The largest absolute Gasteiger partial charge is 0.393 e. The molecule has 0 spiro atoms. The molecule has 0 aliphatic carbocycles. The Balaban J connectivity index is 1.83. The number of rotatable bonds is 4. The number of carbonyl (C=O) groups is 1. The Bertz CT molecular complexity index is 665. The van der Waals surface area contributed by atoms with Crippen molar-refractivity contribution in [3.63, 3.8) is 0 Å². The molecule has 1 unspecified atom stereocenters. The van der Waals surface area contributed by atoms with Crippen LogP contribution in [0.25, 0.3) is 0 Å². The van der Waals surface area contributed by atoms with Crippen molar-refractivity contribution in [1.29, 1.82) is 0 Å². The molecule has 1 aliphatic rings. The molecule has 126 valence electrons. The van der Waals surface area contributed by atoms with Gasteiger partial charge in [-0.05, 0) is 36.1 Å². The van der Waals surface area contributed by atoms with Crippen molar-refractivity contribution in [1.82, 2.24) is 5.48 Å². The number of hydroxylamine groups is 1. The summed E-state index contributed by atoms with van der Waals surface area (Å²) in [5.74, 6) is -0.997. The predicted molar refractivity (Wildman–Crippen MR) is 92.1 cm³/mol. The number of nitrogens with zero attached hydrogens (tertiary/aromatic N) is 1. The van der Waals surface area contributed by atoms with Crippen molar-refractivity contribution in [2.45, 2.75) is 24.9 Å². The van der Waals surface area contributed by atoms with Crippen molar-refractivity contribution in [3.8, 4) is 0 Å². The number of carbonyl (C=O) groups excluding carboxylic acids is 1. The van der Waals surface area contributed by atoms with Gasteiger partial charge in [-0.3, -0.25) is 10.0 Å². The lowest BCUT2D eigenvalue weighted by molar-refractivity contribution is -0.129. The molecule has 1 aliphatic heterocycles. The van der Waals surface area contributed by atoms with E-state index in [2.05, 4.69) is 4.90 Å². The summed E-state index contributed by atoms with van der Waals surface area (Å²) in [6.45, 7) is 1.67. The average molecular weight is 326 g/mol. The van der Waals surface area contributed by atoms with Gasteiger partial charge in [0.25, 0.3) is 5.91 Å². The molecule has 2 aromatic rings. The van der Waals surface area contributed by atoms with Crippen molar-refractivity contribution in [3.05, 3.63) is 65.7 Å². The summed E-state index contributed by atoms with van der Waals surface area (Å²) in [5, 5.41) is 18.7. The zero-order valence-corrected chi connectivity index (χ0v) is 13.4. The number of benzene rings is 2. The maximum absolute atomic E-state index is 12.1. The summed E-state index contributed by atoms with van der Waals surface area (Å²) >= 11 is 0. The van der Waals surface area contributed by atoms with Gasteiger partial charge in [-0.25, -0.2) is 5.48 Å². The third-order valence-corrected chi connectivity index (χ3v) is 4.56. The minimum absolute atomic E-state index is 0.198. The molecule has 0 bridgehead atoms. The number of nitrogens with one attached hydrogen (secondary N) is 1. The number of aliphatic hydroxyl groups is 1. The van der Waals surface area contributed by atoms with Crippen LogP contribution in [0, 0.1) is 0 Å². The van der Waals surface area contributed by atoms with Gasteiger partial charge in [-0.1, -0.05) is 42.5 Å². The highest BCUT2D eigenvalue weighted by molar-refractivity contribution is 5.86. The predicted octanol–water partition coefficient (Wildman–Crippen LogP) is 2.29. The first kappa shape index (κ1) is 16.5. The summed E-state index contributed by atoms with van der Waals surface area (Å²) in [6, 6.07) is 17.2. The van der Waals surface area contributed by atoms with Crippen molar-refractivity contribution < 1.29 is 15.1 Å². The lowest BCUT2D eigenvalue weighted by Crippen LogP contribution is -2.35. The molecule has 1 fully saturated rings. The fourth-order valence-electron chi connectivity index (χ4n) is 3.21. The Kier molecular flexibility index (Phi) is 5.13. The van der Waals surface area contributed by atoms with Crippen LogP contribution in [0.15, 0.2) is 54.6 Å². The second-order valence-electron chi connectivity index (χ2n) is 6.13. The van der Waals surface area contributed by atoms with E-state index < -0.39 is 11.8 Å². The van der Waals surface area contributed by atoms with Crippen LogP contribution in [0.2, 0.25) is 0 Å². The van der Waals surface area contributed by atoms with E-state index in [4.69, 9.17) is 5.21 Å². The van der Waals surface area contributed by atoms with Crippen molar-refractivity contribution in [2.24, 2.45) is 0 Å². The zero-order chi connectivity index (χ0) is 16.9. The second kappa shape index (κ2) is 7.47. The molecular formula is C19H22N2O3. The zero-order valence-electron chi connectivity index (χ0n) is 13.4. The number of amides is 1. The van der Waals surface area contributed by atoms with Crippen LogP contribution in [-0.4, -0.2) is 35.4 Å². The van der Waals surface area contributed by atoms with Gasteiger partial charge in [0.15, 0.2) is 0 Å². The van der Waals surface area contributed by atoms with Gasteiger partial charge in [0, 0.05) is 18.8 Å². The number of aliphatic hydroxyl groups excluding tert-OH is 1. The highest BCUT2D eigenvalue weighted by Gasteiger charge is 2.23. The fourth-order valence-corrected chi connectivity index (χ4v) is 3.21. The molecule has 24 heavy (non-hydrogen) atoms. The Labute approximate surface area is 141 Å². The molecule has 0 saturated carbocycles. The minimum Gasteiger partial charge on any atom is -0.393 e. The van der Waals surface area contributed by atoms with Crippen LogP contribution >= 0.6 is 0 Å². The molecule has 0 radical (unpaired) electrons. The lowest BCUT2D eigenvalue weighted by atomic mass is 9.90. The van der Waals surface area contributed by atoms with Crippen molar-refractivity contribution in [2.75, 3.05) is 18.0 Å². The average Bonchev–Trinajstić information content (AvgIpc) is 2.64. The van der Waals surface area contributed by atoms with Crippen molar-refractivity contribution >= 4 is 11.6 Å². The monoisotopic (exact) mass is 326 g/mol. The smallest absolute Gasteiger partial charge is 0.255 e. The second-order valence-corrected chi connectivity index (χ2v) is 6.13. The molecule has 3 rings (SSSR count). The van der Waals surface area contributed by atoms with Crippen LogP contribution in [0.3, 0.4) is 0 Å². The summed E-state index contributed by atoms with van der Waals surface area (Å²) in [5.41, 5.74) is 4.51. The van der Waals surface area contributed by atoms with Gasteiger partial charge in [0.1, 0.15) is 0 Å². The number of hydrogen-bond donors (Lipinski definition) is 3. The molecule has 1 heterocycles. The highest BCUT2D eigenvalue weighted by Crippen LogP contribution is 2.28. The molecular weight excluding hydrogens is 304 g/mol. The highest BCUT2D eigenvalue weighted by atomic mass is 16.5. The number of hydrogen-bond acceptors (Lipinski definition) is 4. The quantitative estimate of drug-likeness (QED) is 0.595. The first-order chi connectivity index (χ1) is 11.7. The van der Waals surface area contributed by atoms with Crippen LogP contribution in [0.1, 0.15) is 29.9 Å². The van der Waals surface area contributed by atoms with Gasteiger partial charge >= 0.3 is 0 Å². The molecule has 0 aromatic heterocycles. The molecule has 1 saturated heterocycles. The molecule has 5 heteroatoms. The van der Waals surface area contributed by atoms with E-state index in [9.17, 15) is 9.90 Å². The summed E-state index contributed by atoms with van der Waals surface area (Å²) in [4.78, 5) is 14.4. The Morgan fingerprint density at radius 3 is 2.17 bits per heavy atom. The molecule has 5 nitrogen and oxygen atoms in total. The minimum atomic E-state index is -0.548. The summed E-state index contributed by atoms with van der Waals surface area (Å²) in [6.07, 6.45) is 1.36. The first-order valence-electron chi connectivity index (χ1n) is 8.21. The third kappa shape index (κ3) is 3.58. The summed E-state index contributed by atoms with van der Waals surface area (Å²) < 4.78 is 0. The van der Waals surface area contributed by atoms with Gasteiger partial charge in [0.05, 0.1) is 12.0 Å². The van der Waals surface area contributed by atoms with Crippen LogP contribution in [0.5, 0.6) is 0 Å². The Morgan fingerprint density at radius 2 is 1.58 bits per heavy atom. The number of anilines is 1. The van der Waals surface area contributed by atoms with E-state index in [-0.39, 0.29) is 6.10 Å². The van der Waals surface area contributed by atoms with E-state index in [1.807, 2.05) is 54.6 Å². The van der Waals surface area contributed by atoms with E-state index in [0.29, 0.717) is 0 Å². The van der Waals surface area contributed by atoms with E-state index in [1.54, 1.807) is 5.48 Å². The van der Waals surface area contributed by atoms with Crippen LogP contribution in [-0.2, 0) is 4.79 Å². The topological polar surface area (TPSA) is 72.8 Å². The summed E-state index contributed by atoms with van der Waals surface area (Å²) in [7, 11) is 0. The SMILES string of the molecule is O=C(NO)C(c1ccccc1)c1ccc(N2CCC(O)CC2)cc1. The Morgan fingerprint density at radius 1 is 1.00 bits per heavy atom.